The van der Waals surface area contributed by atoms with Gasteiger partial charge in [-0.25, -0.2) is 9.18 Å². The van der Waals surface area contributed by atoms with Crippen LogP contribution in [0, 0.1) is 11.7 Å². The summed E-state index contributed by atoms with van der Waals surface area (Å²) in [6, 6.07) is 12.0. The van der Waals surface area contributed by atoms with Crippen molar-refractivity contribution in [1.82, 2.24) is 10.2 Å². The number of aliphatic imine (C=N–C) groups is 1. The van der Waals surface area contributed by atoms with E-state index in [9.17, 15) is 18.8 Å². The molecule has 0 bridgehead atoms. The zero-order valence-electron chi connectivity index (χ0n) is 15.9. The smallest absolute Gasteiger partial charge is 0.348 e. The highest BCUT2D eigenvalue weighted by atomic mass is 19.1. The molecule has 4 rings (SSSR count). The third-order valence-electron chi connectivity index (χ3n) is 4.91. The van der Waals surface area contributed by atoms with Crippen molar-refractivity contribution in [3.05, 3.63) is 95.3 Å². The fourth-order valence-electron chi connectivity index (χ4n) is 3.26. The summed E-state index contributed by atoms with van der Waals surface area (Å²) in [7, 11) is 0. The van der Waals surface area contributed by atoms with E-state index in [1.165, 1.54) is 12.1 Å². The Balaban J connectivity index is 1.39. The molecule has 4 amide bonds. The number of allylic oxidation sites excluding steroid dienone is 3. The standard InChI is InChI=1S/C23H18FN3O3/c24-18-11-7-15(8-12-18)13-25-21(28)17-9-5-16(6-10-17)14-27-22(29)19-3-1-2-4-20(19)26-23(27)30/h1-12,19H,13-14H2,(H,25,28). The molecule has 150 valence electrons. The molecule has 0 aromatic heterocycles. The molecule has 0 fully saturated rings. The van der Waals surface area contributed by atoms with Crippen LogP contribution < -0.4 is 5.32 Å². The van der Waals surface area contributed by atoms with Crippen LogP contribution in [0.1, 0.15) is 21.5 Å². The van der Waals surface area contributed by atoms with Crippen molar-refractivity contribution in [2.24, 2.45) is 10.9 Å². The first-order valence-corrected chi connectivity index (χ1v) is 9.41. The number of carbonyl (C=O) groups excluding carboxylic acids is 3. The van der Waals surface area contributed by atoms with E-state index in [-0.39, 0.29) is 30.7 Å². The fraction of sp³-hybridized carbons (Fsp3) is 0.130. The molecule has 1 atom stereocenters. The van der Waals surface area contributed by atoms with Crippen molar-refractivity contribution in [2.45, 2.75) is 13.1 Å². The topological polar surface area (TPSA) is 78.8 Å². The molecule has 1 aliphatic heterocycles. The maximum atomic E-state index is 12.9. The maximum absolute atomic E-state index is 12.9. The van der Waals surface area contributed by atoms with E-state index in [0.717, 1.165) is 10.5 Å². The molecule has 0 saturated carbocycles. The van der Waals surface area contributed by atoms with Crippen molar-refractivity contribution in [1.29, 1.82) is 0 Å². The quantitative estimate of drug-likeness (QED) is 0.831. The molecule has 2 aromatic carbocycles. The number of hydrogen-bond acceptors (Lipinski definition) is 3. The Morgan fingerprint density at radius 2 is 1.70 bits per heavy atom. The molecule has 30 heavy (non-hydrogen) atoms. The summed E-state index contributed by atoms with van der Waals surface area (Å²) >= 11 is 0. The molecule has 1 N–H and O–H groups in total. The molecule has 1 aliphatic carbocycles. The van der Waals surface area contributed by atoms with Gasteiger partial charge in [-0.2, -0.15) is 4.99 Å². The Kier molecular flexibility index (Phi) is 5.34. The third-order valence-corrected chi connectivity index (χ3v) is 4.91. The van der Waals surface area contributed by atoms with E-state index in [1.807, 2.05) is 0 Å². The average molecular weight is 403 g/mol. The second-order valence-corrected chi connectivity index (χ2v) is 6.97. The molecule has 7 heteroatoms. The molecular formula is C23H18FN3O3. The second-order valence-electron chi connectivity index (χ2n) is 6.97. The van der Waals surface area contributed by atoms with Gasteiger partial charge in [-0.3, -0.25) is 14.5 Å². The predicted molar refractivity (Wildman–Crippen MR) is 109 cm³/mol. The van der Waals surface area contributed by atoms with Crippen LogP contribution in [-0.4, -0.2) is 28.5 Å². The van der Waals surface area contributed by atoms with Gasteiger partial charge in [-0.15, -0.1) is 0 Å². The van der Waals surface area contributed by atoms with Crippen LogP contribution in [0.5, 0.6) is 0 Å². The number of nitrogens with one attached hydrogen (secondary N) is 1. The van der Waals surface area contributed by atoms with Gasteiger partial charge in [0.25, 0.3) is 5.91 Å². The van der Waals surface area contributed by atoms with E-state index >= 15 is 0 Å². The van der Waals surface area contributed by atoms with Crippen LogP contribution in [0.15, 0.2) is 77.8 Å². The summed E-state index contributed by atoms with van der Waals surface area (Å²) in [6.07, 6.45) is 6.88. The Morgan fingerprint density at radius 3 is 2.43 bits per heavy atom. The van der Waals surface area contributed by atoms with E-state index in [0.29, 0.717) is 16.8 Å². The lowest BCUT2D eigenvalue weighted by Crippen LogP contribution is -2.45. The number of fused-ring (bicyclic) bond motifs is 1. The lowest BCUT2D eigenvalue weighted by Gasteiger charge is -2.28. The predicted octanol–water partition coefficient (Wildman–Crippen LogP) is 3.40. The molecule has 0 saturated heterocycles. The number of benzene rings is 2. The zero-order chi connectivity index (χ0) is 21.1. The van der Waals surface area contributed by atoms with Crippen LogP contribution in [0.3, 0.4) is 0 Å². The van der Waals surface area contributed by atoms with E-state index in [1.54, 1.807) is 60.7 Å². The molecule has 0 radical (unpaired) electrons. The summed E-state index contributed by atoms with van der Waals surface area (Å²) < 4.78 is 12.9. The van der Waals surface area contributed by atoms with Crippen molar-refractivity contribution < 1.29 is 18.8 Å². The number of nitrogens with zero attached hydrogens (tertiary/aromatic N) is 2. The number of rotatable bonds is 5. The molecule has 1 unspecified atom stereocenters. The van der Waals surface area contributed by atoms with Gasteiger partial charge >= 0.3 is 6.03 Å². The molecule has 2 aromatic rings. The summed E-state index contributed by atoms with van der Waals surface area (Å²) in [6.45, 7) is 0.362. The highest BCUT2D eigenvalue weighted by molar-refractivity contribution is 6.21. The van der Waals surface area contributed by atoms with Crippen molar-refractivity contribution in [3.63, 3.8) is 0 Å². The minimum Gasteiger partial charge on any atom is -0.348 e. The number of amides is 4. The van der Waals surface area contributed by atoms with Gasteiger partial charge < -0.3 is 5.32 Å². The van der Waals surface area contributed by atoms with Crippen LogP contribution in [0.2, 0.25) is 0 Å². The Hall–Kier alpha value is -3.87. The van der Waals surface area contributed by atoms with Crippen molar-refractivity contribution in [2.75, 3.05) is 0 Å². The molecule has 6 nitrogen and oxygen atoms in total. The van der Waals surface area contributed by atoms with E-state index in [2.05, 4.69) is 10.3 Å². The number of hydrogen-bond donors (Lipinski definition) is 1. The van der Waals surface area contributed by atoms with Crippen LogP contribution >= 0.6 is 0 Å². The van der Waals surface area contributed by atoms with E-state index in [4.69, 9.17) is 0 Å². The minimum atomic E-state index is -0.590. The van der Waals surface area contributed by atoms with Crippen molar-refractivity contribution >= 4 is 23.6 Å². The monoisotopic (exact) mass is 403 g/mol. The first-order valence-electron chi connectivity index (χ1n) is 9.41. The van der Waals surface area contributed by atoms with Crippen LogP contribution in [0.4, 0.5) is 9.18 Å². The zero-order valence-corrected chi connectivity index (χ0v) is 15.9. The molecular weight excluding hydrogens is 385 g/mol. The summed E-state index contributed by atoms with van der Waals surface area (Å²) in [5.41, 5.74) is 2.39. The largest absolute Gasteiger partial charge is 0.350 e. The lowest BCUT2D eigenvalue weighted by atomic mass is 9.95. The fourth-order valence-corrected chi connectivity index (χ4v) is 3.26. The second kappa shape index (κ2) is 8.24. The van der Waals surface area contributed by atoms with Crippen LogP contribution in [-0.2, 0) is 17.9 Å². The molecule has 0 spiro atoms. The summed E-state index contributed by atoms with van der Waals surface area (Å²) in [5, 5.41) is 2.77. The van der Waals surface area contributed by atoms with Crippen LogP contribution in [0.25, 0.3) is 0 Å². The van der Waals surface area contributed by atoms with Gasteiger partial charge in [0.2, 0.25) is 5.91 Å². The highest BCUT2D eigenvalue weighted by Gasteiger charge is 2.35. The maximum Gasteiger partial charge on any atom is 0.350 e. The first-order chi connectivity index (χ1) is 14.5. The van der Waals surface area contributed by atoms with Gasteiger partial charge in [0, 0.05) is 12.1 Å². The van der Waals surface area contributed by atoms with Gasteiger partial charge in [-0.05, 0) is 41.5 Å². The highest BCUT2D eigenvalue weighted by Crippen LogP contribution is 2.21. The minimum absolute atomic E-state index is 0.0833. The Morgan fingerprint density at radius 1 is 1.00 bits per heavy atom. The number of halogens is 1. The van der Waals surface area contributed by atoms with Gasteiger partial charge in [0.15, 0.2) is 0 Å². The average Bonchev–Trinajstić information content (AvgIpc) is 2.76. The molecule has 1 heterocycles. The van der Waals surface area contributed by atoms with Crippen molar-refractivity contribution in [3.8, 4) is 0 Å². The van der Waals surface area contributed by atoms with E-state index < -0.39 is 11.9 Å². The van der Waals surface area contributed by atoms with Gasteiger partial charge in [-0.1, -0.05) is 42.5 Å². The van der Waals surface area contributed by atoms with Gasteiger partial charge in [0.05, 0.1) is 18.2 Å². The molecule has 2 aliphatic rings. The third kappa shape index (κ3) is 4.10. The summed E-state index contributed by atoms with van der Waals surface area (Å²) in [5.74, 6) is -1.45. The first kappa shape index (κ1) is 19.4. The normalized spacial score (nSPS) is 17.6. The lowest BCUT2D eigenvalue weighted by molar-refractivity contribution is -0.129. The number of imide groups is 1. The number of carbonyl (C=O) groups is 3. The Bertz CT molecular complexity index is 1090. The van der Waals surface area contributed by atoms with Gasteiger partial charge in [0.1, 0.15) is 5.82 Å². The SMILES string of the molecule is O=C(NCc1ccc(F)cc1)c1ccc(CN2C(=O)N=C3C=CC=CC3C2=O)cc1. The summed E-state index contributed by atoms with van der Waals surface area (Å²) in [4.78, 5) is 42.3. The Labute approximate surface area is 172 Å². The number of urea groups is 1.